The van der Waals surface area contributed by atoms with E-state index in [-0.39, 0.29) is 0 Å². The van der Waals surface area contributed by atoms with Gasteiger partial charge < -0.3 is 5.32 Å². The summed E-state index contributed by atoms with van der Waals surface area (Å²) in [5.74, 6) is -0.838. The summed E-state index contributed by atoms with van der Waals surface area (Å²) in [6.45, 7) is 0.356. The van der Waals surface area contributed by atoms with Crippen LogP contribution in [-0.4, -0.2) is 4.92 Å². The third kappa shape index (κ3) is 3.42. The highest BCUT2D eigenvalue weighted by Gasteiger charge is 2.13. The number of rotatable bonds is 4. The SMILES string of the molecule is O=[N+]([O-])c1ccc(CNc2cccc(Cl)c2)cc1F. The molecule has 0 radical (unpaired) electrons. The van der Waals surface area contributed by atoms with Gasteiger partial charge >= 0.3 is 5.69 Å². The lowest BCUT2D eigenvalue weighted by atomic mass is 10.2. The Morgan fingerprint density at radius 1 is 1.26 bits per heavy atom. The van der Waals surface area contributed by atoms with Gasteiger partial charge in [-0.1, -0.05) is 23.7 Å². The molecule has 1 N–H and O–H groups in total. The second-order valence-corrected chi connectivity index (χ2v) is 4.34. The molecule has 0 fully saturated rings. The average molecular weight is 281 g/mol. The molecule has 0 saturated heterocycles. The van der Waals surface area contributed by atoms with Gasteiger partial charge in [0.2, 0.25) is 5.82 Å². The predicted molar refractivity (Wildman–Crippen MR) is 71.8 cm³/mol. The van der Waals surface area contributed by atoms with E-state index in [9.17, 15) is 14.5 Å². The number of anilines is 1. The van der Waals surface area contributed by atoms with Gasteiger partial charge in [-0.3, -0.25) is 10.1 Å². The molecule has 2 aromatic carbocycles. The van der Waals surface area contributed by atoms with E-state index in [4.69, 9.17) is 11.6 Å². The summed E-state index contributed by atoms with van der Waals surface area (Å²) in [7, 11) is 0. The molecule has 0 amide bonds. The number of hydrogen-bond donors (Lipinski definition) is 1. The lowest BCUT2D eigenvalue weighted by Crippen LogP contribution is -2.01. The Balaban J connectivity index is 2.08. The number of hydrogen-bond acceptors (Lipinski definition) is 3. The number of nitro benzene ring substituents is 1. The highest BCUT2D eigenvalue weighted by atomic mass is 35.5. The summed E-state index contributed by atoms with van der Waals surface area (Å²) in [5, 5.41) is 14.1. The van der Waals surface area contributed by atoms with Crippen molar-refractivity contribution in [2.45, 2.75) is 6.54 Å². The van der Waals surface area contributed by atoms with Crippen LogP contribution in [0.3, 0.4) is 0 Å². The van der Waals surface area contributed by atoms with Gasteiger partial charge in [-0.15, -0.1) is 0 Å². The number of halogens is 2. The van der Waals surface area contributed by atoms with Crippen molar-refractivity contribution in [3.63, 3.8) is 0 Å². The zero-order valence-electron chi connectivity index (χ0n) is 9.77. The zero-order chi connectivity index (χ0) is 13.8. The van der Waals surface area contributed by atoms with Crippen LogP contribution in [-0.2, 0) is 6.54 Å². The van der Waals surface area contributed by atoms with E-state index in [1.807, 2.05) is 6.07 Å². The largest absolute Gasteiger partial charge is 0.381 e. The van der Waals surface area contributed by atoms with Crippen molar-refractivity contribution in [1.82, 2.24) is 0 Å². The Hall–Kier alpha value is -2.14. The first-order valence-electron chi connectivity index (χ1n) is 5.48. The Kier molecular flexibility index (Phi) is 3.97. The summed E-state index contributed by atoms with van der Waals surface area (Å²) in [6.07, 6.45) is 0. The van der Waals surface area contributed by atoms with E-state index in [0.717, 1.165) is 17.8 Å². The Labute approximate surface area is 114 Å². The first-order chi connectivity index (χ1) is 9.06. The molecule has 2 aromatic rings. The van der Waals surface area contributed by atoms with Gasteiger partial charge in [-0.2, -0.15) is 4.39 Å². The van der Waals surface area contributed by atoms with Crippen molar-refractivity contribution >= 4 is 23.0 Å². The Morgan fingerprint density at radius 2 is 2.05 bits per heavy atom. The maximum absolute atomic E-state index is 13.4. The molecule has 0 aliphatic rings. The first-order valence-corrected chi connectivity index (χ1v) is 5.86. The van der Waals surface area contributed by atoms with Gasteiger partial charge in [0.05, 0.1) is 4.92 Å². The van der Waals surface area contributed by atoms with Crippen molar-refractivity contribution in [1.29, 1.82) is 0 Å². The van der Waals surface area contributed by atoms with Crippen LogP contribution in [0.1, 0.15) is 5.56 Å². The fourth-order valence-electron chi connectivity index (χ4n) is 1.61. The molecular formula is C13H10ClFN2O2. The van der Waals surface area contributed by atoms with Gasteiger partial charge in [0, 0.05) is 23.3 Å². The molecule has 0 saturated carbocycles. The van der Waals surface area contributed by atoms with Crippen LogP contribution in [0.15, 0.2) is 42.5 Å². The summed E-state index contributed by atoms with van der Waals surface area (Å²) in [5.41, 5.74) is 0.890. The van der Waals surface area contributed by atoms with Crippen molar-refractivity contribution in [3.8, 4) is 0 Å². The standard InChI is InChI=1S/C13H10ClFN2O2/c14-10-2-1-3-11(7-10)16-8-9-4-5-13(17(18)19)12(15)6-9/h1-7,16H,8H2. The lowest BCUT2D eigenvalue weighted by Gasteiger charge is -2.07. The molecule has 98 valence electrons. The van der Waals surface area contributed by atoms with Crippen LogP contribution >= 0.6 is 11.6 Å². The summed E-state index contributed by atoms with van der Waals surface area (Å²) in [6, 6.07) is 10.9. The van der Waals surface area contributed by atoms with Crippen molar-refractivity contribution < 1.29 is 9.31 Å². The lowest BCUT2D eigenvalue weighted by molar-refractivity contribution is -0.387. The van der Waals surface area contributed by atoms with E-state index < -0.39 is 16.4 Å². The maximum Gasteiger partial charge on any atom is 0.304 e. The van der Waals surface area contributed by atoms with Crippen molar-refractivity contribution in [3.05, 3.63) is 69.0 Å². The number of nitro groups is 1. The molecule has 0 atom stereocenters. The number of nitrogens with zero attached hydrogens (tertiary/aromatic N) is 1. The third-order valence-corrected chi connectivity index (χ3v) is 2.77. The van der Waals surface area contributed by atoms with Crippen molar-refractivity contribution in [2.24, 2.45) is 0 Å². The Bertz CT molecular complexity index is 619. The third-order valence-electron chi connectivity index (χ3n) is 2.53. The molecule has 4 nitrogen and oxygen atoms in total. The minimum Gasteiger partial charge on any atom is -0.381 e. The van der Waals surface area contributed by atoms with Crippen LogP contribution in [0, 0.1) is 15.9 Å². The van der Waals surface area contributed by atoms with E-state index >= 15 is 0 Å². The quantitative estimate of drug-likeness (QED) is 0.680. The smallest absolute Gasteiger partial charge is 0.304 e. The first kappa shape index (κ1) is 13.3. The van der Waals surface area contributed by atoms with Gasteiger partial charge in [-0.25, -0.2) is 0 Å². The van der Waals surface area contributed by atoms with Gasteiger partial charge in [0.15, 0.2) is 0 Å². The maximum atomic E-state index is 13.4. The van der Waals surface area contributed by atoms with Gasteiger partial charge in [0.25, 0.3) is 0 Å². The Morgan fingerprint density at radius 3 is 2.68 bits per heavy atom. The highest BCUT2D eigenvalue weighted by Crippen LogP contribution is 2.20. The fourth-order valence-corrected chi connectivity index (χ4v) is 1.80. The molecule has 0 aliphatic heterocycles. The normalized spacial score (nSPS) is 10.2. The van der Waals surface area contributed by atoms with Crippen LogP contribution in [0.4, 0.5) is 15.8 Å². The van der Waals surface area contributed by atoms with E-state index in [2.05, 4.69) is 5.32 Å². The summed E-state index contributed by atoms with van der Waals surface area (Å²) < 4.78 is 13.4. The van der Waals surface area contributed by atoms with Gasteiger partial charge in [-0.05, 0) is 29.8 Å². The average Bonchev–Trinajstić information content (AvgIpc) is 2.36. The fraction of sp³-hybridized carbons (Fsp3) is 0.0769. The van der Waals surface area contributed by atoms with E-state index in [0.29, 0.717) is 17.1 Å². The molecule has 0 unspecified atom stereocenters. The molecule has 19 heavy (non-hydrogen) atoms. The molecule has 0 heterocycles. The van der Waals surface area contributed by atoms with Crippen LogP contribution < -0.4 is 5.32 Å². The summed E-state index contributed by atoms with van der Waals surface area (Å²) in [4.78, 5) is 9.74. The summed E-state index contributed by atoms with van der Waals surface area (Å²) >= 11 is 5.83. The molecule has 0 aromatic heterocycles. The van der Waals surface area contributed by atoms with E-state index in [1.165, 1.54) is 6.07 Å². The van der Waals surface area contributed by atoms with Crippen molar-refractivity contribution in [2.75, 3.05) is 5.32 Å². The minimum atomic E-state index is -0.838. The second-order valence-electron chi connectivity index (χ2n) is 3.91. The highest BCUT2D eigenvalue weighted by molar-refractivity contribution is 6.30. The van der Waals surface area contributed by atoms with Crippen LogP contribution in [0.25, 0.3) is 0 Å². The zero-order valence-corrected chi connectivity index (χ0v) is 10.5. The molecule has 0 bridgehead atoms. The van der Waals surface area contributed by atoms with Crippen LogP contribution in [0.5, 0.6) is 0 Å². The molecule has 2 rings (SSSR count). The number of benzene rings is 2. The van der Waals surface area contributed by atoms with E-state index in [1.54, 1.807) is 18.2 Å². The second kappa shape index (κ2) is 5.67. The van der Waals surface area contributed by atoms with Crippen LogP contribution in [0.2, 0.25) is 5.02 Å². The molecule has 0 spiro atoms. The molecule has 6 heteroatoms. The number of nitrogens with one attached hydrogen (secondary N) is 1. The minimum absolute atomic E-state index is 0.356. The topological polar surface area (TPSA) is 55.2 Å². The molecule has 0 aliphatic carbocycles. The molecular weight excluding hydrogens is 271 g/mol. The predicted octanol–water partition coefficient (Wildman–Crippen LogP) is 4.00. The monoisotopic (exact) mass is 280 g/mol. The van der Waals surface area contributed by atoms with Gasteiger partial charge in [0.1, 0.15) is 0 Å².